The molecule has 0 aromatic heterocycles. The van der Waals surface area contributed by atoms with Crippen LogP contribution in [0.3, 0.4) is 0 Å². The molecule has 1 aromatic rings. The molecule has 4 rings (SSSR count). The van der Waals surface area contributed by atoms with E-state index in [1.54, 1.807) is 14.2 Å². The second-order valence-electron chi connectivity index (χ2n) is 7.19. The van der Waals surface area contributed by atoms with E-state index in [0.717, 1.165) is 30.9 Å². The normalized spacial score (nSPS) is 40.0. The van der Waals surface area contributed by atoms with Gasteiger partial charge in [-0.1, -0.05) is 6.07 Å². The molecule has 0 spiro atoms. The molecule has 4 heteroatoms. The lowest BCUT2D eigenvalue weighted by Crippen LogP contribution is -2.49. The lowest BCUT2D eigenvalue weighted by atomic mass is 9.65. The van der Waals surface area contributed by atoms with E-state index in [9.17, 15) is 5.11 Å². The zero-order valence-corrected chi connectivity index (χ0v) is 13.6. The van der Waals surface area contributed by atoms with Gasteiger partial charge in [0.2, 0.25) is 0 Å². The number of likely N-dealkylation sites (N-methyl/N-ethyl adjacent to an activating group) is 1. The summed E-state index contributed by atoms with van der Waals surface area (Å²) in [6.07, 6.45) is 3.16. The minimum absolute atomic E-state index is 0.121. The molecule has 2 bridgehead atoms. The third kappa shape index (κ3) is 1.65. The highest BCUT2D eigenvalue weighted by Crippen LogP contribution is 2.63. The highest BCUT2D eigenvalue weighted by Gasteiger charge is 2.65. The topological polar surface area (TPSA) is 41.9 Å². The van der Waals surface area contributed by atoms with Crippen molar-refractivity contribution in [3.63, 3.8) is 0 Å². The first kappa shape index (κ1) is 14.3. The summed E-state index contributed by atoms with van der Waals surface area (Å²) in [5.74, 6) is 2.60. The summed E-state index contributed by atoms with van der Waals surface area (Å²) in [4.78, 5) is 2.46. The van der Waals surface area contributed by atoms with Crippen molar-refractivity contribution >= 4 is 0 Å². The van der Waals surface area contributed by atoms with E-state index in [0.29, 0.717) is 17.9 Å². The van der Waals surface area contributed by atoms with Crippen molar-refractivity contribution in [3.8, 4) is 11.5 Å². The van der Waals surface area contributed by atoms with Crippen LogP contribution in [0.15, 0.2) is 18.2 Å². The van der Waals surface area contributed by atoms with Gasteiger partial charge in [0.05, 0.1) is 20.3 Å². The summed E-state index contributed by atoms with van der Waals surface area (Å²) in [6.45, 7) is 1.11. The second-order valence-corrected chi connectivity index (χ2v) is 7.19. The van der Waals surface area contributed by atoms with E-state index >= 15 is 0 Å². The van der Waals surface area contributed by atoms with Crippen molar-refractivity contribution in [3.05, 3.63) is 23.8 Å². The molecule has 22 heavy (non-hydrogen) atoms. The Morgan fingerprint density at radius 1 is 1.18 bits per heavy atom. The van der Waals surface area contributed by atoms with Gasteiger partial charge in [0.1, 0.15) is 0 Å². The fourth-order valence-electron chi connectivity index (χ4n) is 5.68. The average molecular weight is 303 g/mol. The molecular formula is C18H25NO3. The largest absolute Gasteiger partial charge is 0.493 e. The second kappa shape index (κ2) is 4.87. The number of hydrogen-bond acceptors (Lipinski definition) is 4. The summed E-state index contributed by atoms with van der Waals surface area (Å²) in [5, 5.41) is 10.4. The van der Waals surface area contributed by atoms with Gasteiger partial charge in [0.15, 0.2) is 11.5 Å². The molecule has 1 aromatic carbocycles. The molecule has 120 valence electrons. The van der Waals surface area contributed by atoms with Gasteiger partial charge in [-0.3, -0.25) is 0 Å². The molecule has 0 amide bonds. The van der Waals surface area contributed by atoms with Crippen molar-refractivity contribution in [2.75, 3.05) is 27.8 Å². The van der Waals surface area contributed by atoms with Gasteiger partial charge in [-0.25, -0.2) is 0 Å². The van der Waals surface area contributed by atoms with Crippen LogP contribution in [0, 0.1) is 11.8 Å². The van der Waals surface area contributed by atoms with Crippen molar-refractivity contribution in [2.24, 2.45) is 11.8 Å². The zero-order valence-electron chi connectivity index (χ0n) is 13.6. The predicted molar refractivity (Wildman–Crippen MR) is 84.5 cm³/mol. The minimum atomic E-state index is -0.121. The first-order valence-corrected chi connectivity index (χ1v) is 8.22. The average Bonchev–Trinajstić information content (AvgIpc) is 3.17. The maximum Gasteiger partial charge on any atom is 0.161 e. The van der Waals surface area contributed by atoms with Crippen LogP contribution in [0.1, 0.15) is 24.8 Å². The van der Waals surface area contributed by atoms with Crippen LogP contribution in [0.2, 0.25) is 0 Å². The van der Waals surface area contributed by atoms with E-state index in [-0.39, 0.29) is 11.5 Å². The summed E-state index contributed by atoms with van der Waals surface area (Å²) in [7, 11) is 5.58. The molecule has 0 unspecified atom stereocenters. The lowest BCUT2D eigenvalue weighted by molar-refractivity contribution is 0.0417. The van der Waals surface area contributed by atoms with Crippen LogP contribution in [0.25, 0.3) is 0 Å². The Morgan fingerprint density at radius 3 is 2.68 bits per heavy atom. The molecule has 1 aliphatic heterocycles. The molecular weight excluding hydrogens is 278 g/mol. The molecule has 3 aliphatic rings. The molecule has 1 saturated heterocycles. The fraction of sp³-hybridized carbons (Fsp3) is 0.667. The fourth-order valence-corrected chi connectivity index (χ4v) is 5.68. The third-order valence-corrected chi connectivity index (χ3v) is 6.51. The molecule has 5 atom stereocenters. The molecule has 3 fully saturated rings. The quantitative estimate of drug-likeness (QED) is 0.928. The third-order valence-electron chi connectivity index (χ3n) is 6.51. The highest BCUT2D eigenvalue weighted by molar-refractivity contribution is 5.48. The molecule has 1 heterocycles. The standard InChI is InChI=1S/C18H25NO3/c1-19-7-6-18(12-8-13(17(18)19)14(20)9-12)11-4-5-15(21-2)16(10-11)22-3/h4-5,10,12-14,17,20H,6-9H2,1-3H3/t12-,13+,14+,17+,18+/m1/s1. The molecule has 2 aliphatic carbocycles. The van der Waals surface area contributed by atoms with Crippen LogP contribution in [-0.4, -0.2) is 50.0 Å². The van der Waals surface area contributed by atoms with Crippen LogP contribution < -0.4 is 9.47 Å². The van der Waals surface area contributed by atoms with Crippen LogP contribution in [0.5, 0.6) is 11.5 Å². The van der Waals surface area contributed by atoms with Crippen molar-refractivity contribution in [2.45, 2.75) is 36.8 Å². The van der Waals surface area contributed by atoms with Crippen molar-refractivity contribution < 1.29 is 14.6 Å². The molecule has 2 saturated carbocycles. The monoisotopic (exact) mass is 303 g/mol. The number of benzene rings is 1. The Kier molecular flexibility index (Phi) is 3.17. The number of aliphatic hydroxyl groups excluding tert-OH is 1. The number of rotatable bonds is 3. The Morgan fingerprint density at radius 2 is 1.95 bits per heavy atom. The van der Waals surface area contributed by atoms with Gasteiger partial charge < -0.3 is 19.5 Å². The number of hydrogen-bond donors (Lipinski definition) is 1. The first-order valence-electron chi connectivity index (χ1n) is 8.22. The van der Waals surface area contributed by atoms with Crippen LogP contribution in [0.4, 0.5) is 0 Å². The van der Waals surface area contributed by atoms with E-state index in [1.807, 2.05) is 6.07 Å². The molecule has 4 nitrogen and oxygen atoms in total. The van der Waals surface area contributed by atoms with Crippen LogP contribution >= 0.6 is 0 Å². The van der Waals surface area contributed by atoms with Crippen molar-refractivity contribution in [1.29, 1.82) is 0 Å². The molecule has 0 radical (unpaired) electrons. The van der Waals surface area contributed by atoms with E-state index in [2.05, 4.69) is 24.1 Å². The Labute approximate surface area is 132 Å². The number of methoxy groups -OCH3 is 2. The van der Waals surface area contributed by atoms with Gasteiger partial charge >= 0.3 is 0 Å². The first-order chi connectivity index (χ1) is 10.6. The summed E-state index contributed by atoms with van der Waals surface area (Å²) < 4.78 is 10.9. The van der Waals surface area contributed by atoms with Gasteiger partial charge in [-0.05, 0) is 56.5 Å². The Hall–Kier alpha value is -1.26. The van der Waals surface area contributed by atoms with Crippen molar-refractivity contribution in [1.82, 2.24) is 4.90 Å². The smallest absolute Gasteiger partial charge is 0.161 e. The van der Waals surface area contributed by atoms with Crippen LogP contribution in [-0.2, 0) is 5.41 Å². The number of aliphatic hydroxyl groups is 1. The number of fused-ring (bicyclic) bond motifs is 5. The maximum atomic E-state index is 10.4. The highest BCUT2D eigenvalue weighted by atomic mass is 16.5. The minimum Gasteiger partial charge on any atom is -0.493 e. The summed E-state index contributed by atoms with van der Waals surface area (Å²) in [5.41, 5.74) is 1.54. The SMILES string of the molecule is COc1ccc([C@]23CCN(C)[C@H]2[C@H]2C[C@@H]3C[C@@H]2O)cc1OC. The van der Waals surface area contributed by atoms with E-state index < -0.39 is 0 Å². The van der Waals surface area contributed by atoms with E-state index in [4.69, 9.17) is 9.47 Å². The van der Waals surface area contributed by atoms with E-state index in [1.165, 1.54) is 12.0 Å². The number of ether oxygens (including phenoxy) is 2. The van der Waals surface area contributed by atoms with Gasteiger partial charge in [0.25, 0.3) is 0 Å². The number of likely N-dealkylation sites (tertiary alicyclic amines) is 1. The molecule has 1 N–H and O–H groups in total. The summed E-state index contributed by atoms with van der Waals surface area (Å²) in [6, 6.07) is 6.86. The Bertz CT molecular complexity index is 590. The summed E-state index contributed by atoms with van der Waals surface area (Å²) >= 11 is 0. The lowest BCUT2D eigenvalue weighted by Gasteiger charge is -2.43. The van der Waals surface area contributed by atoms with Gasteiger partial charge in [-0.15, -0.1) is 0 Å². The Balaban J connectivity index is 1.81. The zero-order chi connectivity index (χ0) is 15.5. The predicted octanol–water partition coefficient (Wildman–Crippen LogP) is 2.05. The van der Waals surface area contributed by atoms with Gasteiger partial charge in [0, 0.05) is 17.4 Å². The maximum absolute atomic E-state index is 10.4. The van der Waals surface area contributed by atoms with Gasteiger partial charge in [-0.2, -0.15) is 0 Å². The number of nitrogens with zero attached hydrogens (tertiary/aromatic N) is 1.